The van der Waals surface area contributed by atoms with Crippen LogP contribution in [0.1, 0.15) is 18.4 Å². The normalized spacial score (nSPS) is 14.2. The van der Waals surface area contributed by atoms with Crippen molar-refractivity contribution in [1.82, 2.24) is 14.9 Å². The highest BCUT2D eigenvalue weighted by atomic mass is 32.2. The lowest BCUT2D eigenvalue weighted by molar-refractivity contribution is 0.206. The van der Waals surface area contributed by atoms with Gasteiger partial charge >= 0.3 is 6.03 Å². The van der Waals surface area contributed by atoms with Crippen LogP contribution in [0.2, 0.25) is 0 Å². The van der Waals surface area contributed by atoms with Crippen LogP contribution >= 0.6 is 0 Å². The van der Waals surface area contributed by atoms with E-state index in [-0.39, 0.29) is 17.1 Å². The first-order valence-electron chi connectivity index (χ1n) is 7.39. The molecule has 0 spiro atoms. The summed E-state index contributed by atoms with van der Waals surface area (Å²) in [7, 11) is -3.85. The summed E-state index contributed by atoms with van der Waals surface area (Å²) < 4.78 is 22.4. The van der Waals surface area contributed by atoms with Crippen LogP contribution in [0, 0.1) is 0 Å². The van der Waals surface area contributed by atoms with Gasteiger partial charge in [0.25, 0.3) is 10.0 Å². The van der Waals surface area contributed by atoms with Crippen LogP contribution in [0.15, 0.2) is 47.9 Å². The third-order valence-corrected chi connectivity index (χ3v) is 4.45. The Morgan fingerprint density at radius 1 is 1.25 bits per heavy atom. The van der Waals surface area contributed by atoms with Crippen LogP contribution < -0.4 is 10.5 Å². The second-order valence-corrected chi connectivity index (χ2v) is 7.08. The van der Waals surface area contributed by atoms with Gasteiger partial charge in [-0.3, -0.25) is 4.98 Å². The Bertz CT molecular complexity index is 820. The average molecular weight is 347 g/mol. The molecular weight excluding hydrogens is 330 g/mol. The van der Waals surface area contributed by atoms with Crippen LogP contribution in [0.5, 0.6) is 0 Å². The van der Waals surface area contributed by atoms with Crippen molar-refractivity contribution >= 4 is 21.7 Å². The number of nitrogens with one attached hydrogen (secondary N) is 1. The maximum Gasteiger partial charge on any atom is 0.322 e. The second-order valence-electron chi connectivity index (χ2n) is 5.57. The Morgan fingerprint density at radius 2 is 1.96 bits per heavy atom. The third-order valence-electron chi connectivity index (χ3n) is 3.63. The number of carbonyl (C=O) groups excluding carboxylic acids is 1. The molecule has 1 fully saturated rings. The highest BCUT2D eigenvalue weighted by Crippen LogP contribution is 2.29. The standard InChI is InChI=1S/C15H17N5O3S/c16-24(22,23)14-4-1-12(9-18-14)19-15(21)20(13-2-3-13)10-11-5-7-17-8-6-11/h1,4-9,13H,2-3,10H2,(H,19,21)(H2,16,22,23). The van der Waals surface area contributed by atoms with E-state index < -0.39 is 10.0 Å². The largest absolute Gasteiger partial charge is 0.322 e. The number of sulfonamides is 1. The predicted molar refractivity (Wildman–Crippen MR) is 87.4 cm³/mol. The second kappa shape index (κ2) is 6.54. The summed E-state index contributed by atoms with van der Waals surface area (Å²) in [6, 6.07) is 6.42. The first-order chi connectivity index (χ1) is 11.4. The SMILES string of the molecule is NS(=O)(=O)c1ccc(NC(=O)N(Cc2ccncc2)C2CC2)cn1. The molecule has 3 rings (SSSR count). The van der Waals surface area contributed by atoms with Gasteiger partial charge in [0.2, 0.25) is 0 Å². The summed E-state index contributed by atoms with van der Waals surface area (Å²) in [4.78, 5) is 22.0. The Kier molecular flexibility index (Phi) is 4.45. The van der Waals surface area contributed by atoms with Crippen molar-refractivity contribution in [2.75, 3.05) is 5.32 Å². The molecule has 2 aromatic rings. The molecule has 0 aromatic carbocycles. The fourth-order valence-electron chi connectivity index (χ4n) is 2.26. The van der Waals surface area contributed by atoms with E-state index in [4.69, 9.17) is 5.14 Å². The number of carbonyl (C=O) groups is 1. The van der Waals surface area contributed by atoms with Crippen molar-refractivity contribution in [3.8, 4) is 0 Å². The maximum absolute atomic E-state index is 12.5. The lowest BCUT2D eigenvalue weighted by atomic mass is 10.2. The number of urea groups is 1. The van der Waals surface area contributed by atoms with Crippen LogP contribution in [0.4, 0.5) is 10.5 Å². The predicted octanol–water partition coefficient (Wildman–Crippen LogP) is 1.32. The van der Waals surface area contributed by atoms with Crippen molar-refractivity contribution in [2.45, 2.75) is 30.5 Å². The minimum absolute atomic E-state index is 0.217. The van der Waals surface area contributed by atoms with Crippen molar-refractivity contribution in [1.29, 1.82) is 0 Å². The van der Waals surface area contributed by atoms with E-state index in [2.05, 4.69) is 15.3 Å². The lowest BCUT2D eigenvalue weighted by Crippen LogP contribution is -2.36. The zero-order valence-corrected chi connectivity index (χ0v) is 13.6. The van der Waals surface area contributed by atoms with Crippen LogP contribution in [-0.2, 0) is 16.6 Å². The van der Waals surface area contributed by atoms with Crippen molar-refractivity contribution in [3.05, 3.63) is 48.4 Å². The summed E-state index contributed by atoms with van der Waals surface area (Å²) in [5, 5.41) is 7.50. The van der Waals surface area contributed by atoms with E-state index in [1.54, 1.807) is 17.3 Å². The number of primary sulfonamides is 1. The Labute approximate surface area is 139 Å². The van der Waals surface area contributed by atoms with Gasteiger partial charge in [0, 0.05) is 25.0 Å². The number of pyridine rings is 2. The molecule has 9 heteroatoms. The van der Waals surface area contributed by atoms with Gasteiger partial charge in [-0.25, -0.2) is 23.3 Å². The number of hydrogen-bond donors (Lipinski definition) is 2. The molecule has 0 bridgehead atoms. The summed E-state index contributed by atoms with van der Waals surface area (Å²) in [5.41, 5.74) is 1.41. The molecule has 1 saturated carbocycles. The zero-order valence-electron chi connectivity index (χ0n) is 12.8. The molecule has 1 aliphatic carbocycles. The molecule has 8 nitrogen and oxygen atoms in total. The topological polar surface area (TPSA) is 118 Å². The van der Waals surface area contributed by atoms with Gasteiger partial charge in [0.1, 0.15) is 0 Å². The highest BCUT2D eigenvalue weighted by molar-refractivity contribution is 7.89. The fraction of sp³-hybridized carbons (Fsp3) is 0.267. The van der Waals surface area contributed by atoms with E-state index in [0.717, 1.165) is 18.4 Å². The summed E-state index contributed by atoms with van der Waals surface area (Å²) in [6.45, 7) is 0.488. The summed E-state index contributed by atoms with van der Waals surface area (Å²) >= 11 is 0. The Morgan fingerprint density at radius 3 is 2.50 bits per heavy atom. The summed E-state index contributed by atoms with van der Waals surface area (Å²) in [6.07, 6.45) is 6.60. The molecule has 1 aliphatic rings. The van der Waals surface area contributed by atoms with Crippen LogP contribution in [-0.4, -0.2) is 35.4 Å². The maximum atomic E-state index is 12.5. The molecule has 0 unspecified atom stereocenters. The molecule has 0 aliphatic heterocycles. The van der Waals surface area contributed by atoms with Crippen molar-refractivity contribution in [3.63, 3.8) is 0 Å². The molecule has 2 heterocycles. The highest BCUT2D eigenvalue weighted by Gasteiger charge is 2.32. The molecule has 0 atom stereocenters. The van der Waals surface area contributed by atoms with Gasteiger partial charge in [-0.2, -0.15) is 0 Å². The number of nitrogens with zero attached hydrogens (tertiary/aromatic N) is 3. The molecule has 3 N–H and O–H groups in total. The smallest absolute Gasteiger partial charge is 0.317 e. The Hall–Kier alpha value is -2.52. The molecular formula is C15H17N5O3S. The van der Waals surface area contributed by atoms with Gasteiger partial charge < -0.3 is 10.2 Å². The third kappa shape index (κ3) is 4.06. The number of anilines is 1. The number of nitrogens with two attached hydrogens (primary N) is 1. The minimum Gasteiger partial charge on any atom is -0.317 e. The lowest BCUT2D eigenvalue weighted by Gasteiger charge is -2.23. The number of rotatable bonds is 5. The van der Waals surface area contributed by atoms with E-state index in [0.29, 0.717) is 12.2 Å². The van der Waals surface area contributed by atoms with E-state index >= 15 is 0 Å². The molecule has 2 amide bonds. The van der Waals surface area contributed by atoms with E-state index in [9.17, 15) is 13.2 Å². The van der Waals surface area contributed by atoms with Crippen molar-refractivity contribution in [2.24, 2.45) is 5.14 Å². The van der Waals surface area contributed by atoms with Crippen molar-refractivity contribution < 1.29 is 13.2 Å². The van der Waals surface area contributed by atoms with Crippen LogP contribution in [0.3, 0.4) is 0 Å². The number of hydrogen-bond acceptors (Lipinski definition) is 5. The molecule has 0 radical (unpaired) electrons. The quantitative estimate of drug-likeness (QED) is 0.845. The first kappa shape index (κ1) is 16.3. The monoisotopic (exact) mass is 347 g/mol. The van der Waals surface area contributed by atoms with Gasteiger partial charge in [-0.05, 0) is 42.7 Å². The molecule has 126 valence electrons. The number of aromatic nitrogens is 2. The van der Waals surface area contributed by atoms with E-state index in [1.165, 1.54) is 18.3 Å². The first-order valence-corrected chi connectivity index (χ1v) is 8.93. The molecule has 2 aromatic heterocycles. The summed E-state index contributed by atoms with van der Waals surface area (Å²) in [5.74, 6) is 0. The number of amides is 2. The minimum atomic E-state index is -3.85. The molecule has 24 heavy (non-hydrogen) atoms. The van der Waals surface area contributed by atoms with Gasteiger partial charge in [0.05, 0.1) is 11.9 Å². The zero-order chi connectivity index (χ0) is 17.2. The molecule has 0 saturated heterocycles. The Balaban J connectivity index is 1.70. The average Bonchev–Trinajstić information content (AvgIpc) is 3.38. The van der Waals surface area contributed by atoms with E-state index in [1.807, 2.05) is 12.1 Å². The van der Waals surface area contributed by atoms with Gasteiger partial charge in [0.15, 0.2) is 5.03 Å². The fourth-order valence-corrected chi connectivity index (χ4v) is 2.71. The van der Waals surface area contributed by atoms with Gasteiger partial charge in [-0.1, -0.05) is 0 Å². The van der Waals surface area contributed by atoms with Gasteiger partial charge in [-0.15, -0.1) is 0 Å². The van der Waals surface area contributed by atoms with Crippen LogP contribution in [0.25, 0.3) is 0 Å².